The minimum Gasteiger partial charge on any atom is -0.481 e. The Bertz CT molecular complexity index is 1330. The van der Waals surface area contributed by atoms with E-state index in [1.807, 2.05) is 4.90 Å². The largest absolute Gasteiger partial charge is 0.481 e. The van der Waals surface area contributed by atoms with Crippen LogP contribution < -0.4 is 9.64 Å². The van der Waals surface area contributed by atoms with Gasteiger partial charge in [0.1, 0.15) is 11.5 Å². The Morgan fingerprint density at radius 1 is 1.09 bits per heavy atom. The molecule has 0 atom stereocenters. The Kier molecular flexibility index (Phi) is 5.05. The second-order valence-corrected chi connectivity index (χ2v) is 7.69. The van der Waals surface area contributed by atoms with E-state index in [9.17, 15) is 9.18 Å². The number of carbonyl (C=O) groups is 1. The molecule has 0 aliphatic carbocycles. The smallest absolute Gasteiger partial charge is 0.213 e. The van der Waals surface area contributed by atoms with Gasteiger partial charge in [-0.05, 0) is 42.7 Å². The first-order valence-electron chi connectivity index (χ1n) is 10.3. The van der Waals surface area contributed by atoms with E-state index in [-0.39, 0.29) is 11.3 Å². The van der Waals surface area contributed by atoms with Gasteiger partial charge in [-0.3, -0.25) is 4.79 Å². The molecule has 3 aromatic heterocycles. The number of ether oxygens (including phenoxy) is 1. The number of fused-ring (bicyclic) bond motifs is 1. The van der Waals surface area contributed by atoms with Gasteiger partial charge in [-0.25, -0.2) is 18.7 Å². The maximum absolute atomic E-state index is 15.3. The van der Waals surface area contributed by atoms with Crippen LogP contribution in [-0.2, 0) is 0 Å². The van der Waals surface area contributed by atoms with Gasteiger partial charge in [0.05, 0.1) is 18.4 Å². The molecular formula is C24H20F2N4O2. The zero-order chi connectivity index (χ0) is 22.2. The van der Waals surface area contributed by atoms with Gasteiger partial charge in [0, 0.05) is 54.3 Å². The molecule has 0 unspecified atom stereocenters. The first kappa shape index (κ1) is 20.1. The standard InChI is InChI=1S/C24H20F2N4O2/c1-32-20-11-14(6-7-27-20)15-10-16-17(13-29-24(16)28-12-15)23(31)21-18(25)4-5-19(22(21)26)30-8-2-3-9-30/h4-7,10-13H,2-3,8-9H2,1H3,(H,28,29). The third-order valence-corrected chi connectivity index (χ3v) is 5.80. The lowest BCUT2D eigenvalue weighted by Gasteiger charge is -2.19. The minimum atomic E-state index is -0.882. The van der Waals surface area contributed by atoms with E-state index in [0.29, 0.717) is 30.0 Å². The van der Waals surface area contributed by atoms with Crippen molar-refractivity contribution >= 4 is 22.5 Å². The molecule has 1 aliphatic rings. The van der Waals surface area contributed by atoms with Crippen molar-refractivity contribution in [2.24, 2.45) is 0 Å². The maximum Gasteiger partial charge on any atom is 0.213 e. The predicted molar refractivity (Wildman–Crippen MR) is 117 cm³/mol. The summed E-state index contributed by atoms with van der Waals surface area (Å²) in [4.78, 5) is 26.5. The summed E-state index contributed by atoms with van der Waals surface area (Å²) in [5, 5.41) is 0.480. The zero-order valence-electron chi connectivity index (χ0n) is 17.4. The minimum absolute atomic E-state index is 0.159. The molecule has 4 heterocycles. The van der Waals surface area contributed by atoms with Crippen LogP contribution in [-0.4, -0.2) is 40.9 Å². The summed E-state index contributed by atoms with van der Waals surface area (Å²) in [6.45, 7) is 1.37. The highest BCUT2D eigenvalue weighted by Crippen LogP contribution is 2.32. The number of hydrogen-bond donors (Lipinski definition) is 1. The number of nitrogens with one attached hydrogen (secondary N) is 1. The highest BCUT2D eigenvalue weighted by Gasteiger charge is 2.27. The molecule has 1 fully saturated rings. The van der Waals surface area contributed by atoms with Gasteiger partial charge in [-0.15, -0.1) is 0 Å². The van der Waals surface area contributed by atoms with Gasteiger partial charge in [0.15, 0.2) is 5.82 Å². The molecule has 162 valence electrons. The second kappa shape index (κ2) is 8.03. The molecule has 5 rings (SSSR count). The Labute approximate surface area is 182 Å². The molecule has 1 saturated heterocycles. The lowest BCUT2D eigenvalue weighted by Crippen LogP contribution is -2.21. The van der Waals surface area contributed by atoms with Crippen LogP contribution in [0.25, 0.3) is 22.2 Å². The van der Waals surface area contributed by atoms with Crippen molar-refractivity contribution in [2.45, 2.75) is 12.8 Å². The van der Waals surface area contributed by atoms with Crippen LogP contribution in [0.2, 0.25) is 0 Å². The molecule has 4 aromatic rings. The van der Waals surface area contributed by atoms with Gasteiger partial charge in [0.2, 0.25) is 11.7 Å². The molecular weight excluding hydrogens is 414 g/mol. The second-order valence-electron chi connectivity index (χ2n) is 7.69. The normalized spacial score (nSPS) is 13.7. The number of pyridine rings is 2. The van der Waals surface area contributed by atoms with Gasteiger partial charge in [-0.1, -0.05) is 0 Å². The first-order chi connectivity index (χ1) is 15.6. The Hall–Kier alpha value is -3.81. The summed E-state index contributed by atoms with van der Waals surface area (Å²) < 4.78 is 35.1. The van der Waals surface area contributed by atoms with Crippen LogP contribution in [0, 0.1) is 11.6 Å². The number of benzene rings is 1. The monoisotopic (exact) mass is 434 g/mol. The predicted octanol–water partition coefficient (Wildman–Crippen LogP) is 4.74. The summed E-state index contributed by atoms with van der Waals surface area (Å²) in [5.74, 6) is -1.99. The third-order valence-electron chi connectivity index (χ3n) is 5.80. The number of H-pyrrole nitrogens is 1. The van der Waals surface area contributed by atoms with E-state index < -0.39 is 23.0 Å². The fraction of sp³-hybridized carbons (Fsp3) is 0.208. The average molecular weight is 434 g/mol. The summed E-state index contributed by atoms with van der Waals surface area (Å²) in [6, 6.07) is 7.86. The Balaban J connectivity index is 1.59. The van der Waals surface area contributed by atoms with Gasteiger partial charge in [-0.2, -0.15) is 0 Å². The van der Waals surface area contributed by atoms with Gasteiger partial charge in [0.25, 0.3) is 0 Å². The van der Waals surface area contributed by atoms with Crippen molar-refractivity contribution in [1.29, 1.82) is 0 Å². The average Bonchev–Trinajstić information content (AvgIpc) is 3.49. The number of aromatic nitrogens is 3. The summed E-state index contributed by atoms with van der Waals surface area (Å²) in [5.41, 5.74) is 1.83. The SMILES string of the molecule is COc1cc(-c2cnc3[nH]cc(C(=O)c4c(F)ccc(N5CCCC5)c4F)c3c2)ccn1. The summed E-state index contributed by atoms with van der Waals surface area (Å²) >= 11 is 0. The quantitative estimate of drug-likeness (QED) is 0.460. The number of methoxy groups -OCH3 is 1. The number of anilines is 1. The zero-order valence-corrected chi connectivity index (χ0v) is 17.4. The topological polar surface area (TPSA) is 71.1 Å². The molecule has 6 nitrogen and oxygen atoms in total. The number of nitrogens with zero attached hydrogens (tertiary/aromatic N) is 3. The molecule has 0 bridgehead atoms. The van der Waals surface area contributed by atoms with Gasteiger partial charge >= 0.3 is 0 Å². The highest BCUT2D eigenvalue weighted by molar-refractivity contribution is 6.16. The molecule has 32 heavy (non-hydrogen) atoms. The lowest BCUT2D eigenvalue weighted by molar-refractivity contribution is 0.103. The van der Waals surface area contributed by atoms with Crippen molar-refractivity contribution < 1.29 is 18.3 Å². The van der Waals surface area contributed by atoms with E-state index in [4.69, 9.17) is 4.74 Å². The van der Waals surface area contributed by atoms with Crippen LogP contribution in [0.3, 0.4) is 0 Å². The van der Waals surface area contributed by atoms with E-state index in [1.165, 1.54) is 19.4 Å². The number of carbonyl (C=O) groups excluding carboxylic acids is 1. The molecule has 1 aliphatic heterocycles. The number of rotatable bonds is 5. The van der Waals surface area contributed by atoms with Crippen molar-refractivity contribution in [3.8, 4) is 17.0 Å². The van der Waals surface area contributed by atoms with E-state index in [0.717, 1.165) is 30.0 Å². The Morgan fingerprint density at radius 3 is 2.69 bits per heavy atom. The van der Waals surface area contributed by atoms with Crippen molar-refractivity contribution in [3.05, 3.63) is 71.7 Å². The summed E-state index contributed by atoms with van der Waals surface area (Å²) in [6.07, 6.45) is 6.58. The van der Waals surface area contributed by atoms with Crippen molar-refractivity contribution in [3.63, 3.8) is 0 Å². The fourth-order valence-electron chi connectivity index (χ4n) is 4.14. The number of halogens is 2. The molecule has 0 radical (unpaired) electrons. The van der Waals surface area contributed by atoms with E-state index in [1.54, 1.807) is 30.6 Å². The molecule has 8 heteroatoms. The number of ketones is 1. The maximum atomic E-state index is 15.3. The van der Waals surface area contributed by atoms with Crippen LogP contribution in [0.15, 0.2) is 48.9 Å². The molecule has 0 amide bonds. The third kappa shape index (κ3) is 3.37. The molecule has 0 saturated carbocycles. The van der Waals surface area contributed by atoms with Gasteiger partial charge < -0.3 is 14.6 Å². The van der Waals surface area contributed by atoms with Crippen molar-refractivity contribution in [2.75, 3.05) is 25.1 Å². The van der Waals surface area contributed by atoms with E-state index in [2.05, 4.69) is 15.0 Å². The summed E-state index contributed by atoms with van der Waals surface area (Å²) in [7, 11) is 1.52. The fourth-order valence-corrected chi connectivity index (χ4v) is 4.14. The Morgan fingerprint density at radius 2 is 1.91 bits per heavy atom. The van der Waals surface area contributed by atoms with Crippen LogP contribution >= 0.6 is 0 Å². The number of hydrogen-bond acceptors (Lipinski definition) is 5. The van der Waals surface area contributed by atoms with Crippen molar-refractivity contribution in [1.82, 2.24) is 15.0 Å². The van der Waals surface area contributed by atoms with Crippen LogP contribution in [0.5, 0.6) is 5.88 Å². The molecule has 1 N–H and O–H groups in total. The molecule has 0 spiro atoms. The lowest BCUT2D eigenvalue weighted by atomic mass is 9.99. The molecule has 1 aromatic carbocycles. The van der Waals surface area contributed by atoms with E-state index >= 15 is 4.39 Å². The highest BCUT2D eigenvalue weighted by atomic mass is 19.1. The number of aromatic amines is 1. The van der Waals surface area contributed by atoms with Crippen LogP contribution in [0.1, 0.15) is 28.8 Å². The first-order valence-corrected chi connectivity index (χ1v) is 10.3. The van der Waals surface area contributed by atoms with Crippen LogP contribution in [0.4, 0.5) is 14.5 Å².